The summed E-state index contributed by atoms with van der Waals surface area (Å²) >= 11 is 0. The summed E-state index contributed by atoms with van der Waals surface area (Å²) in [7, 11) is 0. The average molecular weight is 681 g/mol. The molecule has 0 N–H and O–H groups in total. The van der Waals surface area contributed by atoms with Crippen LogP contribution in [0.2, 0.25) is 0 Å². The van der Waals surface area contributed by atoms with Crippen LogP contribution in [-0.4, -0.2) is 37.2 Å². The van der Waals surface area contributed by atoms with E-state index in [1.165, 1.54) is 116 Å². The number of esters is 3. The second-order valence-electron chi connectivity index (χ2n) is 14.7. The lowest BCUT2D eigenvalue weighted by molar-refractivity contribution is -0.167. The Kier molecular flexibility index (Phi) is 35.5. The van der Waals surface area contributed by atoms with Gasteiger partial charge in [0.05, 0.1) is 0 Å². The minimum absolute atomic E-state index is 0.0660. The highest BCUT2D eigenvalue weighted by Crippen LogP contribution is 2.15. The Bertz CT molecular complexity index is 721. The standard InChI is InChI=1S/C42H80O6/c1-5-7-9-11-12-13-14-15-16-17-18-23-27-31-35-42(45)48-39(36-46-40(43)33-29-24-10-8-6-2)37-47-41(44)34-30-26-22-20-19-21-25-28-32-38(3)4/h38-39H,5-37H2,1-4H3/t39-/m1/s1. The van der Waals surface area contributed by atoms with Gasteiger partial charge in [-0.25, -0.2) is 0 Å². The Labute approximate surface area is 298 Å². The number of unbranched alkanes of at least 4 members (excludes halogenated alkanes) is 24. The molecular weight excluding hydrogens is 600 g/mol. The van der Waals surface area contributed by atoms with Crippen molar-refractivity contribution in [3.63, 3.8) is 0 Å². The molecular formula is C42H80O6. The molecule has 0 aromatic heterocycles. The van der Waals surface area contributed by atoms with Crippen LogP contribution in [0.4, 0.5) is 0 Å². The lowest BCUT2D eigenvalue weighted by Crippen LogP contribution is -2.30. The first-order valence-electron chi connectivity index (χ1n) is 20.9. The molecule has 1 atom stereocenters. The Balaban J connectivity index is 4.23. The quantitative estimate of drug-likeness (QED) is 0.0369. The van der Waals surface area contributed by atoms with Gasteiger partial charge in [-0.15, -0.1) is 0 Å². The van der Waals surface area contributed by atoms with Crippen molar-refractivity contribution in [2.24, 2.45) is 5.92 Å². The summed E-state index contributed by atoms with van der Waals surface area (Å²) in [5, 5.41) is 0. The van der Waals surface area contributed by atoms with E-state index in [4.69, 9.17) is 14.2 Å². The van der Waals surface area contributed by atoms with E-state index >= 15 is 0 Å². The number of rotatable bonds is 37. The van der Waals surface area contributed by atoms with E-state index in [1.54, 1.807) is 0 Å². The molecule has 0 saturated carbocycles. The fraction of sp³-hybridized carbons (Fsp3) is 0.929. The van der Waals surface area contributed by atoms with Gasteiger partial charge in [-0.3, -0.25) is 14.4 Å². The van der Waals surface area contributed by atoms with Crippen molar-refractivity contribution < 1.29 is 28.6 Å². The van der Waals surface area contributed by atoms with Crippen molar-refractivity contribution in [2.75, 3.05) is 13.2 Å². The fourth-order valence-corrected chi connectivity index (χ4v) is 6.10. The zero-order valence-corrected chi connectivity index (χ0v) is 32.4. The molecule has 0 amide bonds. The molecule has 0 fully saturated rings. The molecule has 6 heteroatoms. The Hall–Kier alpha value is -1.59. The van der Waals surface area contributed by atoms with Crippen LogP contribution >= 0.6 is 0 Å². The van der Waals surface area contributed by atoms with Crippen molar-refractivity contribution in [3.05, 3.63) is 0 Å². The van der Waals surface area contributed by atoms with Crippen molar-refractivity contribution >= 4 is 17.9 Å². The molecule has 0 rings (SSSR count). The fourth-order valence-electron chi connectivity index (χ4n) is 6.10. The van der Waals surface area contributed by atoms with Gasteiger partial charge < -0.3 is 14.2 Å². The van der Waals surface area contributed by atoms with Gasteiger partial charge in [0.15, 0.2) is 6.10 Å². The topological polar surface area (TPSA) is 78.9 Å². The molecule has 0 saturated heterocycles. The van der Waals surface area contributed by atoms with E-state index in [-0.39, 0.29) is 31.1 Å². The number of ether oxygens (including phenoxy) is 3. The van der Waals surface area contributed by atoms with E-state index in [2.05, 4.69) is 27.7 Å². The van der Waals surface area contributed by atoms with E-state index < -0.39 is 6.10 Å². The predicted octanol–water partition coefficient (Wildman–Crippen LogP) is 12.8. The van der Waals surface area contributed by atoms with Gasteiger partial charge in [0.2, 0.25) is 0 Å². The van der Waals surface area contributed by atoms with E-state index in [0.29, 0.717) is 19.3 Å². The summed E-state index contributed by atoms with van der Waals surface area (Å²) in [4.78, 5) is 37.3. The number of carbonyl (C=O) groups is 3. The van der Waals surface area contributed by atoms with Gasteiger partial charge >= 0.3 is 17.9 Å². The predicted molar refractivity (Wildman–Crippen MR) is 201 cm³/mol. The molecule has 6 nitrogen and oxygen atoms in total. The summed E-state index contributed by atoms with van der Waals surface area (Å²) in [5.41, 5.74) is 0. The van der Waals surface area contributed by atoms with Crippen LogP contribution in [0.3, 0.4) is 0 Å². The molecule has 0 heterocycles. The summed E-state index contributed by atoms with van der Waals surface area (Å²) in [5.74, 6) is -0.0782. The van der Waals surface area contributed by atoms with Gasteiger partial charge in [0.1, 0.15) is 13.2 Å². The van der Waals surface area contributed by atoms with Crippen molar-refractivity contribution in [1.29, 1.82) is 0 Å². The first kappa shape index (κ1) is 46.4. The van der Waals surface area contributed by atoms with E-state index in [0.717, 1.165) is 70.1 Å². The van der Waals surface area contributed by atoms with Gasteiger partial charge in [0.25, 0.3) is 0 Å². The minimum atomic E-state index is -0.757. The molecule has 0 aromatic rings. The van der Waals surface area contributed by atoms with Crippen LogP contribution < -0.4 is 0 Å². The molecule has 0 bridgehead atoms. The lowest BCUT2D eigenvalue weighted by atomic mass is 10.0. The van der Waals surface area contributed by atoms with Crippen LogP contribution in [0.15, 0.2) is 0 Å². The first-order chi connectivity index (χ1) is 23.4. The second-order valence-corrected chi connectivity index (χ2v) is 14.7. The first-order valence-corrected chi connectivity index (χ1v) is 20.9. The smallest absolute Gasteiger partial charge is 0.306 e. The molecule has 0 unspecified atom stereocenters. The molecule has 0 aromatic carbocycles. The maximum atomic E-state index is 12.6. The van der Waals surface area contributed by atoms with Crippen molar-refractivity contribution in [1.82, 2.24) is 0 Å². The van der Waals surface area contributed by atoms with Gasteiger partial charge in [0, 0.05) is 19.3 Å². The number of carbonyl (C=O) groups excluding carboxylic acids is 3. The summed E-state index contributed by atoms with van der Waals surface area (Å²) in [6, 6.07) is 0. The molecule has 284 valence electrons. The van der Waals surface area contributed by atoms with Crippen molar-refractivity contribution in [3.8, 4) is 0 Å². The monoisotopic (exact) mass is 681 g/mol. The zero-order chi connectivity index (χ0) is 35.3. The maximum Gasteiger partial charge on any atom is 0.306 e. The summed E-state index contributed by atoms with van der Waals surface area (Å²) < 4.78 is 16.5. The summed E-state index contributed by atoms with van der Waals surface area (Å²) in [6.45, 7) is 8.87. The third kappa shape index (κ3) is 35.7. The van der Waals surface area contributed by atoms with Crippen LogP contribution in [0.1, 0.15) is 227 Å². The van der Waals surface area contributed by atoms with Gasteiger partial charge in [-0.05, 0) is 25.2 Å². The number of hydrogen-bond donors (Lipinski definition) is 0. The molecule has 0 aliphatic carbocycles. The van der Waals surface area contributed by atoms with E-state index in [9.17, 15) is 14.4 Å². The Morgan fingerprint density at radius 2 is 0.688 bits per heavy atom. The Morgan fingerprint density at radius 3 is 1.02 bits per heavy atom. The van der Waals surface area contributed by atoms with Crippen LogP contribution in [-0.2, 0) is 28.6 Å². The molecule has 48 heavy (non-hydrogen) atoms. The Morgan fingerprint density at radius 1 is 0.396 bits per heavy atom. The highest BCUT2D eigenvalue weighted by molar-refractivity contribution is 5.71. The highest BCUT2D eigenvalue weighted by atomic mass is 16.6. The largest absolute Gasteiger partial charge is 0.462 e. The molecule has 0 spiro atoms. The van der Waals surface area contributed by atoms with Crippen LogP contribution in [0, 0.1) is 5.92 Å². The van der Waals surface area contributed by atoms with Crippen LogP contribution in [0.25, 0.3) is 0 Å². The van der Waals surface area contributed by atoms with E-state index in [1.807, 2.05) is 0 Å². The zero-order valence-electron chi connectivity index (χ0n) is 32.4. The normalized spacial score (nSPS) is 11.9. The SMILES string of the molecule is CCCCCCCCCCCCCCCCC(=O)O[C@H](COC(=O)CCCCCCC)COC(=O)CCCCCCCCCCC(C)C. The summed E-state index contributed by atoms with van der Waals surface area (Å²) in [6.07, 6.45) is 34.0. The molecule has 0 radical (unpaired) electrons. The van der Waals surface area contributed by atoms with Gasteiger partial charge in [-0.1, -0.05) is 188 Å². The van der Waals surface area contributed by atoms with Crippen LogP contribution in [0.5, 0.6) is 0 Å². The van der Waals surface area contributed by atoms with Gasteiger partial charge in [-0.2, -0.15) is 0 Å². The third-order valence-corrected chi connectivity index (χ3v) is 9.29. The number of hydrogen-bond acceptors (Lipinski definition) is 6. The third-order valence-electron chi connectivity index (χ3n) is 9.29. The maximum absolute atomic E-state index is 12.6. The highest BCUT2D eigenvalue weighted by Gasteiger charge is 2.19. The average Bonchev–Trinajstić information content (AvgIpc) is 3.06. The second kappa shape index (κ2) is 36.7. The van der Waals surface area contributed by atoms with Crippen molar-refractivity contribution in [2.45, 2.75) is 233 Å². The lowest BCUT2D eigenvalue weighted by Gasteiger charge is -2.18. The molecule has 0 aliphatic rings. The minimum Gasteiger partial charge on any atom is -0.462 e. The molecule has 0 aliphatic heterocycles.